The van der Waals surface area contributed by atoms with E-state index in [2.05, 4.69) is 31.0 Å². The number of phenolic OH excluding ortho intramolecular Hbond substituents is 3. The van der Waals surface area contributed by atoms with Gasteiger partial charge in [-0.15, -0.1) is 15.0 Å². The maximum absolute atomic E-state index is 12.5. The smallest absolute Gasteiger partial charge is 0.196 e. The van der Waals surface area contributed by atoms with Crippen LogP contribution in [0, 0.1) is 6.92 Å². The first-order chi connectivity index (χ1) is 21.8. The zero-order valence-electron chi connectivity index (χ0n) is 25.7. The Kier molecular flexibility index (Phi) is 8.94. The van der Waals surface area contributed by atoms with Crippen LogP contribution < -0.4 is 0 Å². The summed E-state index contributed by atoms with van der Waals surface area (Å²) in [6.45, 7) is 8.20. The molecule has 0 unspecified atom stereocenters. The summed E-state index contributed by atoms with van der Waals surface area (Å²) in [4.78, 5) is 26.5. The van der Waals surface area contributed by atoms with Crippen LogP contribution in [-0.2, 0) is 5.41 Å². The molecule has 0 aliphatic carbocycles. The van der Waals surface area contributed by atoms with Crippen LogP contribution in [0.5, 0.6) is 17.2 Å². The van der Waals surface area contributed by atoms with Gasteiger partial charge >= 0.3 is 0 Å². The lowest BCUT2D eigenvalue weighted by Gasteiger charge is -2.22. The number of rotatable bonds is 5. The third-order valence-electron chi connectivity index (χ3n) is 7.28. The van der Waals surface area contributed by atoms with E-state index in [1.54, 1.807) is 72.8 Å². The normalized spacial score (nSPS) is 11.2. The maximum atomic E-state index is 12.5. The molecule has 3 N–H and O–H groups in total. The van der Waals surface area contributed by atoms with E-state index in [4.69, 9.17) is 11.6 Å². The molecule has 6 rings (SSSR count). The van der Waals surface area contributed by atoms with Crippen molar-refractivity contribution in [2.45, 2.75) is 33.1 Å². The third kappa shape index (κ3) is 6.77. The Morgan fingerprint density at radius 2 is 1.20 bits per heavy atom. The fourth-order valence-corrected chi connectivity index (χ4v) is 5.08. The Hall–Kier alpha value is -5.47. The number of aromatic nitrogens is 3. The van der Waals surface area contributed by atoms with E-state index in [1.165, 1.54) is 10.9 Å². The van der Waals surface area contributed by atoms with Crippen molar-refractivity contribution in [1.29, 1.82) is 0 Å². The van der Waals surface area contributed by atoms with E-state index in [-0.39, 0.29) is 33.8 Å². The predicted octanol–water partition coefficient (Wildman–Crippen LogP) is 7.95. The van der Waals surface area contributed by atoms with Crippen LogP contribution in [0.25, 0.3) is 16.7 Å². The maximum Gasteiger partial charge on any atom is 0.196 e. The molecule has 5 aromatic carbocycles. The minimum absolute atomic E-state index is 0.0294. The average molecular weight is 634 g/mol. The molecular weight excluding hydrogens is 602 g/mol. The van der Waals surface area contributed by atoms with E-state index in [9.17, 15) is 24.9 Å². The van der Waals surface area contributed by atoms with Gasteiger partial charge < -0.3 is 15.3 Å². The van der Waals surface area contributed by atoms with Crippen LogP contribution in [0.15, 0.2) is 103 Å². The second-order valence-electron chi connectivity index (χ2n) is 11.8. The summed E-state index contributed by atoms with van der Waals surface area (Å²) >= 11 is 5.99. The molecule has 46 heavy (non-hydrogen) atoms. The summed E-state index contributed by atoms with van der Waals surface area (Å²) in [5.74, 6) is -1.37. The molecule has 0 spiro atoms. The van der Waals surface area contributed by atoms with Crippen LogP contribution in [-0.4, -0.2) is 41.9 Å². The molecule has 0 aliphatic heterocycles. The summed E-state index contributed by atoms with van der Waals surface area (Å²) in [5, 5.41) is 40.2. The SMILES string of the molecule is Cc1cc(-n2nc3ccc(Cl)cc3n2)c(O)c(C(C)(C)C)c1.O=C(c1ccccc1)c1cc(C(=O)c2ccccc2)c(O)cc1O. The van der Waals surface area contributed by atoms with Gasteiger partial charge in [-0.1, -0.05) is 99.1 Å². The second-order valence-corrected chi connectivity index (χ2v) is 12.3. The van der Waals surface area contributed by atoms with Crippen molar-refractivity contribution < 1.29 is 24.9 Å². The van der Waals surface area contributed by atoms with Crippen molar-refractivity contribution in [2.75, 3.05) is 0 Å². The molecule has 1 aromatic heterocycles. The van der Waals surface area contributed by atoms with Crippen molar-refractivity contribution >= 4 is 34.2 Å². The molecule has 1 heterocycles. The van der Waals surface area contributed by atoms with Crippen LogP contribution in [0.2, 0.25) is 5.02 Å². The molecule has 6 aromatic rings. The summed E-state index contributed by atoms with van der Waals surface area (Å²) < 4.78 is 0. The Morgan fingerprint density at radius 1 is 0.674 bits per heavy atom. The van der Waals surface area contributed by atoms with Gasteiger partial charge in [0.05, 0.1) is 11.1 Å². The highest BCUT2D eigenvalue weighted by atomic mass is 35.5. The highest BCUT2D eigenvalue weighted by molar-refractivity contribution is 6.31. The number of fused-ring (bicyclic) bond motifs is 1. The molecule has 0 atom stereocenters. The van der Waals surface area contributed by atoms with Crippen LogP contribution in [0.1, 0.15) is 63.7 Å². The molecular formula is C37H32ClN3O5. The highest BCUT2D eigenvalue weighted by Crippen LogP contribution is 2.36. The Balaban J connectivity index is 0.000000182. The van der Waals surface area contributed by atoms with Crippen molar-refractivity contribution in [3.8, 4) is 22.9 Å². The van der Waals surface area contributed by atoms with E-state index in [0.29, 0.717) is 27.4 Å². The lowest BCUT2D eigenvalue weighted by molar-refractivity contribution is 0.103. The average Bonchev–Trinajstić information content (AvgIpc) is 3.45. The molecule has 0 fully saturated rings. The fraction of sp³-hybridized carbons (Fsp3) is 0.135. The molecule has 0 bridgehead atoms. The van der Waals surface area contributed by atoms with Crippen molar-refractivity contribution in [1.82, 2.24) is 15.0 Å². The van der Waals surface area contributed by atoms with Crippen molar-refractivity contribution in [3.05, 3.63) is 142 Å². The van der Waals surface area contributed by atoms with Gasteiger partial charge in [0, 0.05) is 27.8 Å². The number of nitrogens with zero attached hydrogens (tertiary/aromatic N) is 3. The first kappa shape index (κ1) is 31.9. The third-order valence-corrected chi connectivity index (χ3v) is 7.51. The van der Waals surface area contributed by atoms with Gasteiger partial charge in [0.15, 0.2) is 11.6 Å². The molecule has 0 saturated heterocycles. The Labute approximate surface area is 271 Å². The van der Waals surface area contributed by atoms with Crippen LogP contribution >= 0.6 is 11.6 Å². The van der Waals surface area contributed by atoms with Gasteiger partial charge in [0.1, 0.15) is 34.0 Å². The van der Waals surface area contributed by atoms with E-state index in [1.807, 2.05) is 25.1 Å². The zero-order valence-corrected chi connectivity index (χ0v) is 26.4. The number of carbonyl (C=O) groups is 2. The van der Waals surface area contributed by atoms with Crippen molar-refractivity contribution in [2.24, 2.45) is 0 Å². The van der Waals surface area contributed by atoms with E-state index >= 15 is 0 Å². The Bertz CT molecular complexity index is 1990. The lowest BCUT2D eigenvalue weighted by Crippen LogP contribution is -2.13. The number of aromatic hydroxyl groups is 3. The largest absolute Gasteiger partial charge is 0.507 e. The van der Waals surface area contributed by atoms with Crippen LogP contribution in [0.3, 0.4) is 0 Å². The first-order valence-electron chi connectivity index (χ1n) is 14.5. The number of aryl methyl sites for hydroxylation is 1. The zero-order chi connectivity index (χ0) is 33.2. The second kappa shape index (κ2) is 12.9. The van der Waals surface area contributed by atoms with Gasteiger partial charge in [-0.05, 0) is 48.2 Å². The van der Waals surface area contributed by atoms with Gasteiger partial charge in [-0.25, -0.2) is 0 Å². The molecule has 0 amide bonds. The Morgan fingerprint density at radius 3 is 1.72 bits per heavy atom. The van der Waals surface area contributed by atoms with E-state index in [0.717, 1.165) is 22.7 Å². The number of hydrogen-bond acceptors (Lipinski definition) is 7. The molecule has 0 saturated carbocycles. The minimum Gasteiger partial charge on any atom is -0.507 e. The summed E-state index contributed by atoms with van der Waals surface area (Å²) in [7, 11) is 0. The summed E-state index contributed by atoms with van der Waals surface area (Å²) in [6, 6.07) is 28.3. The summed E-state index contributed by atoms with van der Waals surface area (Å²) in [6.07, 6.45) is 0. The molecule has 8 nitrogen and oxygen atoms in total. The summed E-state index contributed by atoms with van der Waals surface area (Å²) in [5.41, 5.74) is 4.50. The molecule has 9 heteroatoms. The van der Waals surface area contributed by atoms with Crippen LogP contribution in [0.4, 0.5) is 0 Å². The molecule has 0 radical (unpaired) electrons. The van der Waals surface area contributed by atoms with Gasteiger partial charge in [0.2, 0.25) is 0 Å². The minimum atomic E-state index is -0.421. The van der Waals surface area contributed by atoms with Gasteiger partial charge in [-0.3, -0.25) is 9.59 Å². The number of ketones is 2. The lowest BCUT2D eigenvalue weighted by atomic mass is 9.85. The number of carbonyl (C=O) groups excluding carboxylic acids is 2. The monoisotopic (exact) mass is 633 g/mol. The number of benzene rings is 5. The van der Waals surface area contributed by atoms with Crippen molar-refractivity contribution in [3.63, 3.8) is 0 Å². The first-order valence-corrected chi connectivity index (χ1v) is 14.8. The van der Waals surface area contributed by atoms with Gasteiger partial charge in [0.25, 0.3) is 0 Å². The standard InChI is InChI=1S/C20H14O4.C17H18ClN3O/c21-17-12-18(22)16(20(24)14-9-5-2-6-10-14)11-15(17)19(23)13-7-3-1-4-8-13;1-10-7-12(17(2,3)4)16(22)15(8-10)21-19-13-6-5-11(18)9-14(13)20-21/h1-12,21-22H;5-9,22H,1-4H3. The highest BCUT2D eigenvalue weighted by Gasteiger charge is 2.23. The predicted molar refractivity (Wildman–Crippen MR) is 178 cm³/mol. The topological polar surface area (TPSA) is 126 Å². The van der Waals surface area contributed by atoms with Gasteiger partial charge in [-0.2, -0.15) is 0 Å². The number of hydrogen-bond donors (Lipinski definition) is 3. The molecule has 232 valence electrons. The number of phenols is 3. The van der Waals surface area contributed by atoms with E-state index < -0.39 is 11.6 Å². The fourth-order valence-electron chi connectivity index (χ4n) is 4.91. The quantitative estimate of drug-likeness (QED) is 0.165. The number of halogens is 1. The molecule has 0 aliphatic rings.